The van der Waals surface area contributed by atoms with Crippen LogP contribution in [0, 0.1) is 0 Å². The van der Waals surface area contributed by atoms with Crippen LogP contribution in [0.3, 0.4) is 0 Å². The maximum Gasteiger partial charge on any atom is 0.236 e. The molecule has 0 saturated carbocycles. The molecule has 0 radical (unpaired) electrons. The molecule has 0 aromatic rings. The monoisotopic (exact) mass is 533 g/mol. The van der Waals surface area contributed by atoms with Gasteiger partial charge in [0.15, 0.2) is 0 Å². The quantitative estimate of drug-likeness (QED) is 0.0678. The molecule has 0 aliphatic rings. The summed E-state index contributed by atoms with van der Waals surface area (Å²) in [6.07, 6.45) is 34.8. The third-order valence-electron chi connectivity index (χ3n) is 8.11. The van der Waals surface area contributed by atoms with E-state index in [1.807, 2.05) is 19.2 Å². The van der Waals surface area contributed by atoms with Gasteiger partial charge in [-0.15, -0.1) is 13.2 Å². The summed E-state index contributed by atoms with van der Waals surface area (Å²) in [6.45, 7) is 14.2. The van der Waals surface area contributed by atoms with Gasteiger partial charge in [0.1, 0.15) is 0 Å². The third kappa shape index (κ3) is 22.9. The maximum atomic E-state index is 13.1. The molecule has 0 aliphatic carbocycles. The van der Waals surface area contributed by atoms with E-state index in [0.717, 1.165) is 25.9 Å². The molecule has 3 nitrogen and oxygen atoms in total. The first-order valence-electron chi connectivity index (χ1n) is 16.8. The molecule has 0 saturated heterocycles. The molecular formula is C35H68N2O. The molecule has 1 atom stereocenters. The number of carbonyl (C=O) groups is 1. The van der Waals surface area contributed by atoms with Gasteiger partial charge in [0.05, 0.1) is 6.54 Å². The summed E-state index contributed by atoms with van der Waals surface area (Å²) in [6, 6.07) is 0.379. The number of rotatable bonds is 30. The molecule has 0 aromatic carbocycles. The number of likely N-dealkylation sites (N-methyl/N-ethyl adjacent to an activating group) is 1. The Bertz CT molecular complexity index is 522. The molecule has 0 aromatic heterocycles. The second-order valence-corrected chi connectivity index (χ2v) is 11.7. The largest absolute Gasteiger partial charge is 0.342 e. The van der Waals surface area contributed by atoms with Crippen molar-refractivity contribution in [3.05, 3.63) is 25.3 Å². The van der Waals surface area contributed by atoms with Crippen LogP contribution in [0.25, 0.3) is 0 Å². The van der Waals surface area contributed by atoms with Gasteiger partial charge in [-0.25, -0.2) is 0 Å². The zero-order chi connectivity index (χ0) is 28.1. The van der Waals surface area contributed by atoms with E-state index >= 15 is 0 Å². The van der Waals surface area contributed by atoms with Crippen LogP contribution in [0.4, 0.5) is 0 Å². The van der Waals surface area contributed by atoms with Crippen LogP contribution < -0.4 is 0 Å². The topological polar surface area (TPSA) is 23.6 Å². The third-order valence-corrected chi connectivity index (χ3v) is 8.11. The summed E-state index contributed by atoms with van der Waals surface area (Å²) in [7, 11) is 2.04. The first-order chi connectivity index (χ1) is 18.6. The lowest BCUT2D eigenvalue weighted by Gasteiger charge is -2.31. The first-order valence-corrected chi connectivity index (χ1v) is 16.8. The van der Waals surface area contributed by atoms with Crippen molar-refractivity contribution in [2.45, 2.75) is 168 Å². The number of hydrogen-bond acceptors (Lipinski definition) is 2. The van der Waals surface area contributed by atoms with Gasteiger partial charge in [0.2, 0.25) is 5.91 Å². The molecule has 0 N–H and O–H groups in total. The van der Waals surface area contributed by atoms with Crippen LogP contribution in [0.1, 0.15) is 162 Å². The highest BCUT2D eigenvalue weighted by molar-refractivity contribution is 5.78. The number of amides is 1. The summed E-state index contributed by atoms with van der Waals surface area (Å²) < 4.78 is 0. The minimum atomic E-state index is 0.244. The van der Waals surface area contributed by atoms with Crippen molar-refractivity contribution < 1.29 is 4.79 Å². The highest BCUT2D eigenvalue weighted by Gasteiger charge is 2.21. The van der Waals surface area contributed by atoms with Crippen molar-refractivity contribution in [3.8, 4) is 0 Å². The smallest absolute Gasteiger partial charge is 0.236 e. The molecule has 0 spiro atoms. The highest BCUT2D eigenvalue weighted by atomic mass is 16.2. The molecule has 0 aliphatic heterocycles. The Morgan fingerprint density at radius 3 is 1.21 bits per heavy atom. The molecule has 38 heavy (non-hydrogen) atoms. The fourth-order valence-electron chi connectivity index (χ4n) is 5.52. The second-order valence-electron chi connectivity index (χ2n) is 11.7. The number of carbonyl (C=O) groups excluding carboxylic acids is 1. The van der Waals surface area contributed by atoms with Crippen molar-refractivity contribution in [2.75, 3.05) is 26.7 Å². The number of nitrogens with zero attached hydrogens (tertiary/aromatic N) is 2. The van der Waals surface area contributed by atoms with Gasteiger partial charge in [-0.3, -0.25) is 9.69 Å². The molecule has 0 rings (SSSR count). The van der Waals surface area contributed by atoms with Crippen LogP contribution in [0.15, 0.2) is 25.3 Å². The summed E-state index contributed by atoms with van der Waals surface area (Å²) in [5.41, 5.74) is 0. The lowest BCUT2D eigenvalue weighted by Crippen LogP contribution is -2.43. The molecule has 224 valence electrons. The maximum absolute atomic E-state index is 13.1. The van der Waals surface area contributed by atoms with Crippen molar-refractivity contribution >= 4 is 5.91 Å². The van der Waals surface area contributed by atoms with Crippen LogP contribution >= 0.6 is 0 Å². The molecule has 0 fully saturated rings. The van der Waals surface area contributed by atoms with E-state index in [1.165, 1.54) is 135 Å². The SMILES string of the molecule is C=CCN(CC=C)CC(=O)N(C)C(CCCCCCCCCCCC)CCCCCCCCCCCCC. The minimum Gasteiger partial charge on any atom is -0.342 e. The van der Waals surface area contributed by atoms with Crippen molar-refractivity contribution in [1.82, 2.24) is 9.80 Å². The molecule has 0 heterocycles. The van der Waals surface area contributed by atoms with Crippen LogP contribution in [-0.2, 0) is 4.79 Å². The highest BCUT2D eigenvalue weighted by Crippen LogP contribution is 2.19. The normalized spacial score (nSPS) is 12.1. The van der Waals surface area contributed by atoms with Gasteiger partial charge < -0.3 is 4.90 Å². The van der Waals surface area contributed by atoms with Gasteiger partial charge >= 0.3 is 0 Å². The van der Waals surface area contributed by atoms with Gasteiger partial charge in [-0.2, -0.15) is 0 Å². The lowest BCUT2D eigenvalue weighted by molar-refractivity contribution is -0.133. The van der Waals surface area contributed by atoms with Gasteiger partial charge in [-0.1, -0.05) is 161 Å². The van der Waals surface area contributed by atoms with E-state index in [1.54, 1.807) is 0 Å². The fourth-order valence-corrected chi connectivity index (χ4v) is 5.52. The Morgan fingerprint density at radius 1 is 0.579 bits per heavy atom. The molecular weight excluding hydrogens is 464 g/mol. The second kappa shape index (κ2) is 28.9. The Kier molecular flexibility index (Phi) is 28.1. The van der Waals surface area contributed by atoms with Crippen LogP contribution in [0.5, 0.6) is 0 Å². The van der Waals surface area contributed by atoms with Crippen molar-refractivity contribution in [1.29, 1.82) is 0 Å². The zero-order valence-electron chi connectivity index (χ0n) is 26.3. The summed E-state index contributed by atoms with van der Waals surface area (Å²) in [5.74, 6) is 0.244. The van der Waals surface area contributed by atoms with Gasteiger partial charge in [0.25, 0.3) is 0 Å². The van der Waals surface area contributed by atoms with Gasteiger partial charge in [0, 0.05) is 26.2 Å². The lowest BCUT2D eigenvalue weighted by atomic mass is 9.98. The van der Waals surface area contributed by atoms with Gasteiger partial charge in [-0.05, 0) is 12.8 Å². The summed E-state index contributed by atoms with van der Waals surface area (Å²) in [4.78, 5) is 17.3. The fraction of sp³-hybridized carbons (Fsp3) is 0.857. The van der Waals surface area contributed by atoms with E-state index in [0.29, 0.717) is 12.6 Å². The Labute approximate surface area is 239 Å². The predicted octanol–water partition coefficient (Wildman–Crippen LogP) is 10.5. The summed E-state index contributed by atoms with van der Waals surface area (Å²) >= 11 is 0. The zero-order valence-corrected chi connectivity index (χ0v) is 26.3. The standard InChI is InChI=1S/C35H68N2O/c1-6-10-12-14-16-18-20-22-24-26-28-30-34(29-27-25-23-21-19-17-15-13-11-7-2)36(5)35(38)33-37(31-8-3)32-9-4/h8-9,34H,3-4,6-7,10-33H2,1-2,5H3. The van der Waals surface area contributed by atoms with E-state index in [4.69, 9.17) is 0 Å². The van der Waals surface area contributed by atoms with E-state index in [-0.39, 0.29) is 5.91 Å². The Morgan fingerprint density at radius 2 is 0.895 bits per heavy atom. The number of hydrogen-bond donors (Lipinski definition) is 0. The minimum absolute atomic E-state index is 0.244. The van der Waals surface area contributed by atoms with E-state index in [2.05, 4.69) is 36.8 Å². The average molecular weight is 533 g/mol. The summed E-state index contributed by atoms with van der Waals surface area (Å²) in [5, 5.41) is 0. The van der Waals surface area contributed by atoms with Crippen LogP contribution in [0.2, 0.25) is 0 Å². The molecule has 3 heteroatoms. The molecule has 0 bridgehead atoms. The number of unbranched alkanes of at least 4 members (excludes halogenated alkanes) is 19. The first kappa shape index (κ1) is 36.9. The van der Waals surface area contributed by atoms with E-state index < -0.39 is 0 Å². The predicted molar refractivity (Wildman–Crippen MR) is 171 cm³/mol. The van der Waals surface area contributed by atoms with Crippen molar-refractivity contribution in [2.24, 2.45) is 0 Å². The Balaban J connectivity index is 4.39. The van der Waals surface area contributed by atoms with Crippen molar-refractivity contribution in [3.63, 3.8) is 0 Å². The Hall–Kier alpha value is -1.09. The molecule has 1 unspecified atom stereocenters. The molecule has 1 amide bonds. The average Bonchev–Trinajstić information content (AvgIpc) is 2.91. The van der Waals surface area contributed by atoms with Crippen LogP contribution in [-0.4, -0.2) is 48.4 Å². The van der Waals surface area contributed by atoms with E-state index in [9.17, 15) is 4.79 Å².